The summed E-state index contributed by atoms with van der Waals surface area (Å²) in [5.74, 6) is 0.484. The molecule has 5 rings (SSSR count). The molecule has 0 spiro atoms. The van der Waals surface area contributed by atoms with Gasteiger partial charge in [0.05, 0.1) is 12.2 Å². The van der Waals surface area contributed by atoms with Gasteiger partial charge in [0.25, 0.3) is 11.8 Å². The van der Waals surface area contributed by atoms with Gasteiger partial charge in [-0.25, -0.2) is 4.98 Å². The third kappa shape index (κ3) is 4.30. The van der Waals surface area contributed by atoms with Crippen LogP contribution in [0.4, 0.5) is 5.69 Å². The van der Waals surface area contributed by atoms with Gasteiger partial charge < -0.3 is 19.8 Å². The van der Waals surface area contributed by atoms with Crippen molar-refractivity contribution in [1.29, 1.82) is 0 Å². The Morgan fingerprint density at radius 1 is 1.03 bits per heavy atom. The maximum Gasteiger partial charge on any atom is 0.276 e. The molecule has 0 fully saturated rings. The third-order valence-corrected chi connectivity index (χ3v) is 5.90. The number of nitrogens with one attached hydrogen (secondary N) is 2. The van der Waals surface area contributed by atoms with E-state index in [2.05, 4.69) is 27.0 Å². The lowest BCUT2D eigenvalue weighted by Crippen LogP contribution is -2.39. The van der Waals surface area contributed by atoms with Crippen molar-refractivity contribution in [3.63, 3.8) is 0 Å². The van der Waals surface area contributed by atoms with Crippen molar-refractivity contribution in [3.05, 3.63) is 107 Å². The summed E-state index contributed by atoms with van der Waals surface area (Å²) in [7, 11) is 0. The predicted octanol–water partition coefficient (Wildman–Crippen LogP) is 4.02. The molecular weight excluding hydrogens is 414 g/mol. The van der Waals surface area contributed by atoms with Gasteiger partial charge in [0, 0.05) is 31.4 Å². The van der Waals surface area contributed by atoms with Crippen LogP contribution in [-0.4, -0.2) is 37.8 Å². The number of amides is 2. The molecule has 2 aromatic carbocycles. The Morgan fingerprint density at radius 2 is 1.88 bits per heavy atom. The molecule has 4 aromatic rings. The molecule has 7 nitrogen and oxygen atoms in total. The molecule has 2 aromatic heterocycles. The number of anilines is 1. The monoisotopic (exact) mass is 439 g/mol. The number of H-pyrrole nitrogens is 1. The van der Waals surface area contributed by atoms with Crippen LogP contribution in [-0.2, 0) is 19.5 Å². The number of aromatic nitrogens is 3. The van der Waals surface area contributed by atoms with Crippen molar-refractivity contribution < 1.29 is 9.59 Å². The number of imidazole rings is 1. The summed E-state index contributed by atoms with van der Waals surface area (Å²) in [6.45, 7) is 3.46. The Bertz CT molecular complexity index is 1290. The van der Waals surface area contributed by atoms with Crippen LogP contribution in [0, 0.1) is 6.92 Å². The molecule has 2 amide bonds. The van der Waals surface area contributed by atoms with E-state index in [1.165, 1.54) is 0 Å². The molecule has 0 aliphatic carbocycles. The zero-order valence-electron chi connectivity index (χ0n) is 18.4. The van der Waals surface area contributed by atoms with Crippen LogP contribution in [0.3, 0.4) is 0 Å². The molecule has 1 aliphatic rings. The van der Waals surface area contributed by atoms with Gasteiger partial charge >= 0.3 is 0 Å². The first kappa shape index (κ1) is 20.8. The highest BCUT2D eigenvalue weighted by molar-refractivity contribution is 6.04. The average molecular weight is 440 g/mol. The summed E-state index contributed by atoms with van der Waals surface area (Å²) < 4.78 is 2.09. The zero-order valence-corrected chi connectivity index (χ0v) is 18.4. The highest BCUT2D eigenvalue weighted by atomic mass is 16.2. The molecule has 1 aliphatic heterocycles. The van der Waals surface area contributed by atoms with E-state index >= 15 is 0 Å². The number of aryl methyl sites for hydroxylation is 1. The normalized spacial score (nSPS) is 12.9. The van der Waals surface area contributed by atoms with Crippen molar-refractivity contribution in [2.75, 3.05) is 11.9 Å². The minimum Gasteiger partial charge on any atom is -0.357 e. The van der Waals surface area contributed by atoms with Crippen LogP contribution in [0.1, 0.15) is 43.6 Å². The number of fused-ring (bicyclic) bond motifs is 1. The number of hydrogen-bond donors (Lipinski definition) is 2. The Labute approximate surface area is 192 Å². The first-order valence-corrected chi connectivity index (χ1v) is 11.0. The van der Waals surface area contributed by atoms with Gasteiger partial charge in [-0.3, -0.25) is 9.59 Å². The first-order chi connectivity index (χ1) is 16.1. The molecule has 7 heteroatoms. The van der Waals surface area contributed by atoms with Gasteiger partial charge in [0.15, 0.2) is 5.69 Å². The fraction of sp³-hybridized carbons (Fsp3) is 0.192. The van der Waals surface area contributed by atoms with Crippen LogP contribution in [0.15, 0.2) is 72.9 Å². The molecule has 0 saturated heterocycles. The number of aromatic amines is 1. The second-order valence-electron chi connectivity index (χ2n) is 8.27. The van der Waals surface area contributed by atoms with Crippen molar-refractivity contribution in [3.8, 4) is 0 Å². The van der Waals surface area contributed by atoms with Gasteiger partial charge in [-0.15, -0.1) is 0 Å². The van der Waals surface area contributed by atoms with Crippen LogP contribution in [0.25, 0.3) is 0 Å². The van der Waals surface area contributed by atoms with E-state index in [4.69, 9.17) is 4.98 Å². The summed E-state index contributed by atoms with van der Waals surface area (Å²) in [5.41, 5.74) is 4.58. The lowest BCUT2D eigenvalue weighted by Gasteiger charge is -2.29. The van der Waals surface area contributed by atoms with E-state index in [0.29, 0.717) is 37.4 Å². The van der Waals surface area contributed by atoms with Gasteiger partial charge in [0.2, 0.25) is 0 Å². The number of rotatable bonds is 5. The summed E-state index contributed by atoms with van der Waals surface area (Å²) in [4.78, 5) is 35.7. The largest absolute Gasteiger partial charge is 0.357 e. The minimum atomic E-state index is -0.266. The Hall–Kier alpha value is -4.13. The highest BCUT2D eigenvalue weighted by Gasteiger charge is 2.30. The van der Waals surface area contributed by atoms with E-state index in [1.54, 1.807) is 23.2 Å². The number of hydrogen-bond acceptors (Lipinski definition) is 3. The van der Waals surface area contributed by atoms with E-state index in [-0.39, 0.29) is 11.8 Å². The van der Waals surface area contributed by atoms with Crippen molar-refractivity contribution in [2.24, 2.45) is 0 Å². The second-order valence-corrected chi connectivity index (χ2v) is 8.27. The number of carbonyl (C=O) groups is 2. The highest BCUT2D eigenvalue weighted by Crippen LogP contribution is 2.24. The van der Waals surface area contributed by atoms with Crippen molar-refractivity contribution >= 4 is 17.5 Å². The molecular formula is C26H25N5O2. The fourth-order valence-electron chi connectivity index (χ4n) is 4.26. The molecule has 0 unspecified atom stereocenters. The Morgan fingerprint density at radius 3 is 2.64 bits per heavy atom. The summed E-state index contributed by atoms with van der Waals surface area (Å²) in [5, 5.41) is 2.97. The van der Waals surface area contributed by atoms with Gasteiger partial charge in [-0.2, -0.15) is 0 Å². The number of carbonyl (C=O) groups excluding carboxylic acids is 2. The Balaban J connectivity index is 1.48. The molecule has 0 bridgehead atoms. The van der Waals surface area contributed by atoms with Crippen LogP contribution in [0.2, 0.25) is 0 Å². The lowest BCUT2D eigenvalue weighted by molar-refractivity contribution is 0.0702. The first-order valence-electron chi connectivity index (χ1n) is 11.0. The molecule has 166 valence electrons. The molecule has 3 heterocycles. The number of nitrogens with zero attached hydrogens (tertiary/aromatic N) is 3. The molecule has 0 saturated carbocycles. The Kier molecular flexibility index (Phi) is 5.52. The average Bonchev–Trinajstić information content (AvgIpc) is 3.48. The minimum absolute atomic E-state index is 0.0814. The maximum absolute atomic E-state index is 13.3. The molecule has 33 heavy (non-hydrogen) atoms. The summed E-state index contributed by atoms with van der Waals surface area (Å²) in [6, 6.07) is 21.3. The lowest BCUT2D eigenvalue weighted by atomic mass is 10.1. The summed E-state index contributed by atoms with van der Waals surface area (Å²) >= 11 is 0. The second kappa shape index (κ2) is 8.78. The van der Waals surface area contributed by atoms with E-state index in [9.17, 15) is 9.59 Å². The zero-order chi connectivity index (χ0) is 22.8. The van der Waals surface area contributed by atoms with E-state index < -0.39 is 0 Å². The quantitative estimate of drug-likeness (QED) is 0.493. The third-order valence-electron chi connectivity index (χ3n) is 5.90. The number of benzene rings is 2. The molecule has 0 radical (unpaired) electrons. The van der Waals surface area contributed by atoms with E-state index in [0.717, 1.165) is 28.3 Å². The van der Waals surface area contributed by atoms with E-state index in [1.807, 2.05) is 49.4 Å². The molecule has 2 N–H and O–H groups in total. The predicted molar refractivity (Wildman–Crippen MR) is 126 cm³/mol. The smallest absolute Gasteiger partial charge is 0.276 e. The summed E-state index contributed by atoms with van der Waals surface area (Å²) in [6.07, 6.45) is 2.36. The van der Waals surface area contributed by atoms with Crippen LogP contribution >= 0.6 is 0 Å². The maximum atomic E-state index is 13.3. The standard InChI is InChI=1S/C26H25N5O2/c1-18-7-5-10-20(15-18)28-25(32)24-22-17-30(26(33)21-11-6-12-27-21)13-14-31(22)23(29-24)16-19-8-3-2-4-9-19/h2-12,15,27H,13-14,16-17H2,1H3,(H,28,32). The van der Waals surface area contributed by atoms with Gasteiger partial charge in [0.1, 0.15) is 11.5 Å². The van der Waals surface area contributed by atoms with Crippen LogP contribution in [0.5, 0.6) is 0 Å². The van der Waals surface area contributed by atoms with Crippen LogP contribution < -0.4 is 5.32 Å². The SMILES string of the molecule is Cc1cccc(NC(=O)c2nc(Cc3ccccc3)n3c2CN(C(=O)c2ccc[nH]2)CC3)c1. The van der Waals surface area contributed by atoms with Crippen molar-refractivity contribution in [2.45, 2.75) is 26.4 Å². The topological polar surface area (TPSA) is 83.0 Å². The van der Waals surface area contributed by atoms with Gasteiger partial charge in [-0.1, -0.05) is 42.5 Å². The van der Waals surface area contributed by atoms with Gasteiger partial charge in [-0.05, 0) is 42.3 Å². The fourth-order valence-corrected chi connectivity index (χ4v) is 4.26. The van der Waals surface area contributed by atoms with Crippen molar-refractivity contribution in [1.82, 2.24) is 19.4 Å². The molecule has 0 atom stereocenters.